The molecule has 0 aromatic heterocycles. The molecule has 0 saturated heterocycles. The Morgan fingerprint density at radius 2 is 1.81 bits per heavy atom. The number of benzene rings is 2. The maximum Gasteiger partial charge on any atom is 0.0503 e. The van der Waals surface area contributed by atoms with Crippen LogP contribution >= 0.6 is 0 Å². The van der Waals surface area contributed by atoms with Crippen LogP contribution in [-0.4, -0.2) is 13.7 Å². The molecule has 110 valence electrons. The summed E-state index contributed by atoms with van der Waals surface area (Å²) in [5.41, 5.74) is 5.36. The Hall–Kier alpha value is -1.80. The van der Waals surface area contributed by atoms with Crippen LogP contribution in [0, 0.1) is 0 Å². The van der Waals surface area contributed by atoms with Crippen molar-refractivity contribution in [2.24, 2.45) is 0 Å². The van der Waals surface area contributed by atoms with Gasteiger partial charge in [-0.15, -0.1) is 0 Å². The number of rotatable bonds is 7. The molecule has 0 radical (unpaired) electrons. The lowest BCUT2D eigenvalue weighted by Crippen LogP contribution is -2.04. The standard InChI is InChI=1S/C19H23NO/c1-21-13-12-18-4-2-3-5-19(18)20-14-15-6-8-16(9-7-15)17-10-11-17/h2-9,17,20H,10-14H2,1H3. The molecule has 3 rings (SSSR count). The molecule has 21 heavy (non-hydrogen) atoms. The number of hydrogen-bond donors (Lipinski definition) is 1. The topological polar surface area (TPSA) is 21.3 Å². The van der Waals surface area contributed by atoms with Crippen LogP contribution in [0.15, 0.2) is 48.5 Å². The maximum atomic E-state index is 5.18. The molecule has 0 aliphatic heterocycles. The number of para-hydroxylation sites is 1. The predicted octanol–water partition coefficient (Wildman–Crippen LogP) is 4.37. The molecule has 2 aromatic carbocycles. The Bertz CT molecular complexity index is 572. The summed E-state index contributed by atoms with van der Waals surface area (Å²) >= 11 is 0. The minimum atomic E-state index is 0.759. The van der Waals surface area contributed by atoms with Gasteiger partial charge in [0.1, 0.15) is 0 Å². The van der Waals surface area contributed by atoms with Crippen LogP contribution < -0.4 is 5.32 Å². The zero-order chi connectivity index (χ0) is 14.5. The van der Waals surface area contributed by atoms with E-state index in [9.17, 15) is 0 Å². The van der Waals surface area contributed by atoms with E-state index < -0.39 is 0 Å². The van der Waals surface area contributed by atoms with Crippen LogP contribution in [0.4, 0.5) is 5.69 Å². The van der Waals surface area contributed by atoms with Gasteiger partial charge in [-0.1, -0.05) is 42.5 Å². The van der Waals surface area contributed by atoms with Gasteiger partial charge in [-0.2, -0.15) is 0 Å². The lowest BCUT2D eigenvalue weighted by atomic mass is 10.1. The van der Waals surface area contributed by atoms with E-state index >= 15 is 0 Å². The molecule has 2 nitrogen and oxygen atoms in total. The summed E-state index contributed by atoms with van der Waals surface area (Å²) in [7, 11) is 1.75. The number of anilines is 1. The van der Waals surface area contributed by atoms with Crippen LogP contribution in [0.25, 0.3) is 0 Å². The second-order valence-electron chi connectivity index (χ2n) is 5.77. The summed E-state index contributed by atoms with van der Waals surface area (Å²) in [6, 6.07) is 17.5. The Labute approximate surface area is 127 Å². The van der Waals surface area contributed by atoms with Gasteiger partial charge < -0.3 is 10.1 Å². The zero-order valence-corrected chi connectivity index (χ0v) is 12.6. The van der Waals surface area contributed by atoms with Crippen LogP contribution in [0.2, 0.25) is 0 Å². The lowest BCUT2D eigenvalue weighted by Gasteiger charge is -2.12. The molecule has 0 bridgehead atoms. The van der Waals surface area contributed by atoms with Crippen LogP contribution in [0.5, 0.6) is 0 Å². The van der Waals surface area contributed by atoms with Gasteiger partial charge in [-0.25, -0.2) is 0 Å². The Balaban J connectivity index is 1.61. The zero-order valence-electron chi connectivity index (χ0n) is 12.6. The highest BCUT2D eigenvalue weighted by molar-refractivity contribution is 5.51. The molecule has 2 heteroatoms. The average Bonchev–Trinajstić information content (AvgIpc) is 3.37. The van der Waals surface area contributed by atoms with Crippen molar-refractivity contribution in [1.29, 1.82) is 0 Å². The second kappa shape index (κ2) is 6.77. The third kappa shape index (κ3) is 3.85. The third-order valence-electron chi connectivity index (χ3n) is 4.10. The fourth-order valence-electron chi connectivity index (χ4n) is 2.64. The van der Waals surface area contributed by atoms with E-state index in [1.807, 2.05) is 0 Å². The smallest absolute Gasteiger partial charge is 0.0503 e. The monoisotopic (exact) mass is 281 g/mol. The normalized spacial score (nSPS) is 14.1. The highest BCUT2D eigenvalue weighted by Crippen LogP contribution is 2.39. The highest BCUT2D eigenvalue weighted by Gasteiger charge is 2.22. The molecule has 0 atom stereocenters. The van der Waals surface area contributed by atoms with Crippen molar-refractivity contribution < 1.29 is 4.74 Å². The van der Waals surface area contributed by atoms with Crippen molar-refractivity contribution in [3.8, 4) is 0 Å². The van der Waals surface area contributed by atoms with Crippen LogP contribution in [-0.2, 0) is 17.7 Å². The summed E-state index contributed by atoms with van der Waals surface area (Å²) < 4.78 is 5.18. The quantitative estimate of drug-likeness (QED) is 0.814. The number of methoxy groups -OCH3 is 1. The van der Waals surface area contributed by atoms with E-state index in [4.69, 9.17) is 4.74 Å². The molecular formula is C19H23NO. The lowest BCUT2D eigenvalue weighted by molar-refractivity contribution is 0.202. The molecule has 1 aliphatic carbocycles. The van der Waals surface area contributed by atoms with E-state index in [1.54, 1.807) is 7.11 Å². The van der Waals surface area contributed by atoms with E-state index in [-0.39, 0.29) is 0 Å². The second-order valence-corrected chi connectivity index (χ2v) is 5.77. The van der Waals surface area contributed by atoms with Crippen molar-refractivity contribution in [3.63, 3.8) is 0 Å². The van der Waals surface area contributed by atoms with Crippen molar-refractivity contribution in [2.75, 3.05) is 19.0 Å². The molecular weight excluding hydrogens is 258 g/mol. The summed E-state index contributed by atoms with van der Waals surface area (Å²) in [5, 5.41) is 3.55. The van der Waals surface area contributed by atoms with E-state index in [0.29, 0.717) is 0 Å². The minimum absolute atomic E-state index is 0.759. The van der Waals surface area contributed by atoms with Gasteiger partial charge in [-0.05, 0) is 47.9 Å². The number of nitrogens with one attached hydrogen (secondary N) is 1. The molecule has 1 saturated carbocycles. The van der Waals surface area contributed by atoms with Crippen molar-refractivity contribution in [1.82, 2.24) is 0 Å². The summed E-state index contributed by atoms with van der Waals surface area (Å²) in [5.74, 6) is 0.835. The van der Waals surface area contributed by atoms with Gasteiger partial charge in [-0.3, -0.25) is 0 Å². The molecule has 1 fully saturated rings. The van der Waals surface area contributed by atoms with Gasteiger partial charge in [0.15, 0.2) is 0 Å². The summed E-state index contributed by atoms with van der Waals surface area (Å²) in [6.07, 6.45) is 3.68. The van der Waals surface area contributed by atoms with Crippen LogP contribution in [0.3, 0.4) is 0 Å². The molecule has 0 unspecified atom stereocenters. The Morgan fingerprint density at radius 1 is 1.05 bits per heavy atom. The first kappa shape index (κ1) is 14.2. The molecule has 0 heterocycles. The molecule has 2 aromatic rings. The fraction of sp³-hybridized carbons (Fsp3) is 0.368. The Kier molecular flexibility index (Phi) is 4.56. The third-order valence-corrected chi connectivity index (χ3v) is 4.10. The van der Waals surface area contributed by atoms with Gasteiger partial charge in [0.25, 0.3) is 0 Å². The molecule has 0 spiro atoms. The summed E-state index contributed by atoms with van der Waals surface area (Å²) in [6.45, 7) is 1.63. The van der Waals surface area contributed by atoms with Crippen molar-refractivity contribution >= 4 is 5.69 Å². The highest BCUT2D eigenvalue weighted by atomic mass is 16.5. The van der Waals surface area contributed by atoms with Gasteiger partial charge in [0.2, 0.25) is 0 Å². The largest absolute Gasteiger partial charge is 0.384 e. The van der Waals surface area contributed by atoms with Gasteiger partial charge in [0, 0.05) is 19.3 Å². The Morgan fingerprint density at radius 3 is 2.52 bits per heavy atom. The fourth-order valence-corrected chi connectivity index (χ4v) is 2.64. The molecule has 1 aliphatic rings. The predicted molar refractivity (Wildman–Crippen MR) is 87.8 cm³/mol. The molecule has 1 N–H and O–H groups in total. The first-order valence-corrected chi connectivity index (χ1v) is 7.76. The van der Waals surface area contributed by atoms with E-state index in [1.165, 1.54) is 35.2 Å². The number of hydrogen-bond acceptors (Lipinski definition) is 2. The minimum Gasteiger partial charge on any atom is -0.384 e. The van der Waals surface area contributed by atoms with E-state index in [0.717, 1.165) is 25.5 Å². The first-order chi connectivity index (χ1) is 10.4. The van der Waals surface area contributed by atoms with Gasteiger partial charge >= 0.3 is 0 Å². The first-order valence-electron chi connectivity index (χ1n) is 7.76. The maximum absolute atomic E-state index is 5.18. The van der Waals surface area contributed by atoms with Crippen LogP contribution in [0.1, 0.15) is 35.4 Å². The van der Waals surface area contributed by atoms with Crippen molar-refractivity contribution in [2.45, 2.75) is 31.7 Å². The van der Waals surface area contributed by atoms with Gasteiger partial charge in [0.05, 0.1) is 6.61 Å². The van der Waals surface area contributed by atoms with Crippen molar-refractivity contribution in [3.05, 3.63) is 65.2 Å². The van der Waals surface area contributed by atoms with E-state index in [2.05, 4.69) is 53.8 Å². The molecule has 0 amide bonds. The average molecular weight is 281 g/mol. The number of ether oxygens (including phenoxy) is 1. The summed E-state index contributed by atoms with van der Waals surface area (Å²) in [4.78, 5) is 0. The SMILES string of the molecule is COCCc1ccccc1NCc1ccc(C2CC2)cc1.